The molecule has 0 saturated carbocycles. The van der Waals surface area contributed by atoms with Crippen LogP contribution in [0, 0.1) is 0 Å². The summed E-state index contributed by atoms with van der Waals surface area (Å²) in [6.45, 7) is 3.58. The number of imidazole rings is 1. The highest BCUT2D eigenvalue weighted by Gasteiger charge is 2.16. The summed E-state index contributed by atoms with van der Waals surface area (Å²) in [5.41, 5.74) is 0.920. The van der Waals surface area contributed by atoms with Crippen molar-refractivity contribution >= 4 is 45.7 Å². The number of rotatable bonds is 10. The molecule has 4 rings (SSSR count). The highest BCUT2D eigenvalue weighted by molar-refractivity contribution is 7.16. The molecule has 1 N–H and O–H groups in total. The van der Waals surface area contributed by atoms with E-state index in [1.54, 1.807) is 4.57 Å². The van der Waals surface area contributed by atoms with Gasteiger partial charge >= 0.3 is 5.69 Å². The molecule has 4 heterocycles. The summed E-state index contributed by atoms with van der Waals surface area (Å²) >= 11 is 13.5. The number of hydrogen-bond acceptors (Lipinski definition) is 5. The second-order valence-electron chi connectivity index (χ2n) is 7.68. The number of thiophene rings is 1. The van der Waals surface area contributed by atoms with E-state index < -0.39 is 0 Å². The molecular formula is C21H24Cl2N6O2S. The Kier molecular flexibility index (Phi) is 7.17. The van der Waals surface area contributed by atoms with Gasteiger partial charge in [0.15, 0.2) is 11.2 Å². The van der Waals surface area contributed by atoms with E-state index in [1.807, 2.05) is 29.2 Å². The zero-order valence-corrected chi connectivity index (χ0v) is 20.0. The topological polar surface area (TPSA) is 90.5 Å². The highest BCUT2D eigenvalue weighted by atomic mass is 35.5. The van der Waals surface area contributed by atoms with E-state index in [4.69, 9.17) is 23.2 Å². The van der Waals surface area contributed by atoms with E-state index >= 15 is 0 Å². The SMILES string of the molecule is CCCCCn1c(=O)n(CCCc2cnn(Cc3ccc(Cl)s3)c2)c(=O)c2[nH]c(Cl)nc21. The molecule has 0 spiro atoms. The van der Waals surface area contributed by atoms with Gasteiger partial charge in [-0.1, -0.05) is 31.4 Å². The van der Waals surface area contributed by atoms with Crippen LogP contribution in [0.2, 0.25) is 9.62 Å². The van der Waals surface area contributed by atoms with E-state index in [0.29, 0.717) is 38.1 Å². The molecule has 0 radical (unpaired) electrons. The largest absolute Gasteiger partial charge is 0.332 e. The van der Waals surface area contributed by atoms with E-state index in [-0.39, 0.29) is 22.0 Å². The van der Waals surface area contributed by atoms with E-state index in [0.717, 1.165) is 34.0 Å². The molecule has 170 valence electrons. The Morgan fingerprint density at radius 3 is 2.66 bits per heavy atom. The molecular weight excluding hydrogens is 471 g/mol. The van der Waals surface area contributed by atoms with Gasteiger partial charge in [0, 0.05) is 24.2 Å². The molecule has 0 bridgehead atoms. The van der Waals surface area contributed by atoms with Gasteiger partial charge in [-0.15, -0.1) is 11.3 Å². The second kappa shape index (κ2) is 10.1. The van der Waals surface area contributed by atoms with Gasteiger partial charge < -0.3 is 4.98 Å². The third kappa shape index (κ3) is 5.00. The average molecular weight is 495 g/mol. The molecule has 0 aliphatic heterocycles. The first-order valence-corrected chi connectivity index (χ1v) is 12.2. The van der Waals surface area contributed by atoms with Crippen LogP contribution < -0.4 is 11.2 Å². The summed E-state index contributed by atoms with van der Waals surface area (Å²) in [6.07, 6.45) is 8.00. The molecule has 0 fully saturated rings. The molecule has 0 atom stereocenters. The lowest BCUT2D eigenvalue weighted by Gasteiger charge is -2.11. The number of nitrogens with zero attached hydrogens (tertiary/aromatic N) is 5. The average Bonchev–Trinajstić information content (AvgIpc) is 3.48. The number of aromatic amines is 1. The van der Waals surface area contributed by atoms with Crippen molar-refractivity contribution in [3.05, 3.63) is 65.4 Å². The van der Waals surface area contributed by atoms with Gasteiger partial charge in [-0.05, 0) is 48.6 Å². The Morgan fingerprint density at radius 1 is 1.09 bits per heavy atom. The molecule has 8 nitrogen and oxygen atoms in total. The minimum absolute atomic E-state index is 0.109. The molecule has 0 saturated heterocycles. The van der Waals surface area contributed by atoms with E-state index in [9.17, 15) is 9.59 Å². The quantitative estimate of drug-likeness (QED) is 0.262. The van der Waals surface area contributed by atoms with Crippen molar-refractivity contribution in [3.63, 3.8) is 0 Å². The summed E-state index contributed by atoms with van der Waals surface area (Å²) in [4.78, 5) is 34.0. The molecule has 32 heavy (non-hydrogen) atoms. The Hall–Kier alpha value is -2.36. The maximum atomic E-state index is 13.1. The van der Waals surface area contributed by atoms with Crippen LogP contribution in [0.5, 0.6) is 0 Å². The fourth-order valence-corrected chi connectivity index (χ4v) is 4.97. The van der Waals surface area contributed by atoms with Crippen molar-refractivity contribution in [2.75, 3.05) is 0 Å². The van der Waals surface area contributed by atoms with Crippen LogP contribution in [0.4, 0.5) is 0 Å². The van der Waals surface area contributed by atoms with Gasteiger partial charge in [0.1, 0.15) is 0 Å². The van der Waals surface area contributed by atoms with Crippen molar-refractivity contribution in [2.45, 2.75) is 58.7 Å². The number of hydrogen-bond donors (Lipinski definition) is 1. The fourth-order valence-electron chi connectivity index (χ4n) is 3.72. The number of unbranched alkanes of at least 4 members (excludes halogenated alkanes) is 2. The lowest BCUT2D eigenvalue weighted by molar-refractivity contribution is 0.526. The van der Waals surface area contributed by atoms with E-state index in [1.165, 1.54) is 15.9 Å². The minimum atomic E-state index is -0.388. The highest BCUT2D eigenvalue weighted by Crippen LogP contribution is 2.22. The predicted octanol–water partition coefficient (Wildman–Crippen LogP) is 4.32. The van der Waals surface area contributed by atoms with E-state index in [2.05, 4.69) is 22.0 Å². The van der Waals surface area contributed by atoms with Crippen molar-refractivity contribution in [2.24, 2.45) is 0 Å². The first-order chi connectivity index (χ1) is 15.5. The standard InChI is InChI=1S/C21H24Cl2N6O2S/c1-2-3-4-9-28-18-17(25-20(23)26-18)19(30)29(21(28)31)10-5-6-14-11-24-27(12-14)13-15-7-8-16(22)32-15/h7-8,11-12H,2-6,9-10,13H2,1H3,(H,25,26). The van der Waals surface area contributed by atoms with Crippen LogP contribution in [-0.4, -0.2) is 28.9 Å². The molecule has 0 aliphatic carbocycles. The Morgan fingerprint density at radius 2 is 1.91 bits per heavy atom. The predicted molar refractivity (Wildman–Crippen MR) is 128 cm³/mol. The normalized spacial score (nSPS) is 11.6. The Balaban J connectivity index is 1.48. The summed E-state index contributed by atoms with van der Waals surface area (Å²) in [5, 5.41) is 4.51. The number of H-pyrrole nitrogens is 1. The van der Waals surface area contributed by atoms with Crippen LogP contribution in [0.1, 0.15) is 43.0 Å². The van der Waals surface area contributed by atoms with Crippen molar-refractivity contribution in [3.8, 4) is 0 Å². The molecule has 0 aliphatic rings. The first kappa shape index (κ1) is 22.8. The zero-order valence-electron chi connectivity index (χ0n) is 17.7. The van der Waals surface area contributed by atoms with Crippen LogP contribution in [-0.2, 0) is 26.1 Å². The maximum absolute atomic E-state index is 13.1. The molecule has 0 amide bonds. The summed E-state index contributed by atoms with van der Waals surface area (Å²) < 4.78 is 5.46. The number of aromatic nitrogens is 6. The lowest BCUT2D eigenvalue weighted by Crippen LogP contribution is -2.40. The van der Waals surface area contributed by atoms with Gasteiger partial charge in [0.25, 0.3) is 5.56 Å². The second-order valence-corrected chi connectivity index (χ2v) is 9.84. The lowest BCUT2D eigenvalue weighted by atomic mass is 10.2. The molecule has 0 unspecified atom stereocenters. The van der Waals surface area contributed by atoms with Gasteiger partial charge in [0.2, 0.25) is 5.28 Å². The van der Waals surface area contributed by atoms with Crippen molar-refractivity contribution < 1.29 is 0 Å². The Labute approximate surface area is 198 Å². The van der Waals surface area contributed by atoms with Crippen LogP contribution in [0.3, 0.4) is 0 Å². The van der Waals surface area contributed by atoms with Crippen LogP contribution >= 0.6 is 34.5 Å². The minimum Gasteiger partial charge on any atom is -0.323 e. The Bertz CT molecular complexity index is 1330. The summed E-state index contributed by atoms with van der Waals surface area (Å²) in [7, 11) is 0. The molecule has 4 aromatic heterocycles. The summed E-state index contributed by atoms with van der Waals surface area (Å²) in [5.74, 6) is 0. The molecule has 0 aromatic carbocycles. The zero-order chi connectivity index (χ0) is 22.7. The number of aryl methyl sites for hydroxylation is 2. The van der Waals surface area contributed by atoms with Crippen molar-refractivity contribution in [1.82, 2.24) is 28.9 Å². The monoisotopic (exact) mass is 494 g/mol. The van der Waals surface area contributed by atoms with Gasteiger partial charge in [-0.25, -0.2) is 4.79 Å². The first-order valence-electron chi connectivity index (χ1n) is 10.6. The molecule has 11 heteroatoms. The number of fused-ring (bicyclic) bond motifs is 1. The van der Waals surface area contributed by atoms with Crippen molar-refractivity contribution in [1.29, 1.82) is 0 Å². The van der Waals surface area contributed by atoms with Crippen LogP contribution in [0.25, 0.3) is 11.2 Å². The number of halogens is 2. The number of nitrogens with one attached hydrogen (secondary N) is 1. The third-order valence-corrected chi connectivity index (χ3v) is 6.69. The smallest absolute Gasteiger partial charge is 0.323 e. The van der Waals surface area contributed by atoms with Crippen LogP contribution in [0.15, 0.2) is 34.1 Å². The molecule has 4 aromatic rings. The third-order valence-electron chi connectivity index (χ3n) is 5.30. The maximum Gasteiger partial charge on any atom is 0.332 e. The summed E-state index contributed by atoms with van der Waals surface area (Å²) in [6, 6.07) is 3.87. The van der Waals surface area contributed by atoms with Gasteiger partial charge in [-0.2, -0.15) is 10.1 Å². The van der Waals surface area contributed by atoms with Gasteiger partial charge in [0.05, 0.1) is 17.1 Å². The fraction of sp³-hybridized carbons (Fsp3) is 0.429. The van der Waals surface area contributed by atoms with Gasteiger partial charge in [-0.3, -0.25) is 18.6 Å².